The van der Waals surface area contributed by atoms with Crippen molar-refractivity contribution in [1.29, 1.82) is 0 Å². The van der Waals surface area contributed by atoms with Crippen LogP contribution in [0.1, 0.15) is 88.0 Å². The molecule has 3 aromatic carbocycles. The Morgan fingerprint density at radius 2 is 1.42 bits per heavy atom. The third-order valence-electron chi connectivity index (χ3n) is 13.9. The predicted octanol–water partition coefficient (Wildman–Crippen LogP) is 8.41. The summed E-state index contributed by atoms with van der Waals surface area (Å²) in [7, 11) is -7.23. The molecular weight excluding hydrogens is 928 g/mol. The van der Waals surface area contributed by atoms with E-state index in [0.29, 0.717) is 13.0 Å². The van der Waals surface area contributed by atoms with Gasteiger partial charge in [-0.3, -0.25) is 13.6 Å². The number of phosphoric ester groups is 1. The van der Waals surface area contributed by atoms with Crippen LogP contribution in [0.4, 0.5) is 4.79 Å². The van der Waals surface area contributed by atoms with Crippen LogP contribution in [-0.2, 0) is 59.8 Å². The number of ether oxygens (including phenoxy) is 6. The van der Waals surface area contributed by atoms with Crippen LogP contribution in [-0.4, -0.2) is 124 Å². The summed E-state index contributed by atoms with van der Waals surface area (Å²) >= 11 is 0. The number of carbonyl (C=O) groups is 1. The van der Waals surface area contributed by atoms with E-state index in [-0.39, 0.29) is 52.0 Å². The largest absolute Gasteiger partial charge is 0.475 e. The smallest absolute Gasteiger partial charge is 0.449 e. The highest BCUT2D eigenvalue weighted by molar-refractivity contribution is 7.48. The summed E-state index contributed by atoms with van der Waals surface area (Å²) < 4.78 is 70.1. The lowest BCUT2D eigenvalue weighted by Crippen LogP contribution is -2.66. The summed E-state index contributed by atoms with van der Waals surface area (Å²) in [5.41, 5.74) is 15.2. The molecule has 0 aromatic heterocycles. The molecule has 0 radical (unpaired) electrons. The summed E-state index contributed by atoms with van der Waals surface area (Å²) in [6.07, 6.45) is -7.64. The fourth-order valence-corrected chi connectivity index (χ4v) is 11.2. The second-order valence-corrected chi connectivity index (χ2v) is 25.5. The number of phosphoric acid groups is 1. The first-order valence-corrected chi connectivity index (χ1v) is 28.5. The zero-order valence-electron chi connectivity index (χ0n) is 40.4. The molecular formula is C49H69N4O14PSi. The summed E-state index contributed by atoms with van der Waals surface area (Å²) in [6.45, 7) is 11.4. The number of amides is 1. The van der Waals surface area contributed by atoms with Gasteiger partial charge in [0.1, 0.15) is 43.2 Å². The van der Waals surface area contributed by atoms with Gasteiger partial charge in [-0.1, -0.05) is 118 Å². The second kappa shape index (κ2) is 23.6. The monoisotopic (exact) mass is 996 g/mol. The lowest BCUT2D eigenvalue weighted by molar-refractivity contribution is -0.287. The number of rotatable bonds is 21. The van der Waals surface area contributed by atoms with Crippen molar-refractivity contribution in [2.24, 2.45) is 5.11 Å². The van der Waals surface area contributed by atoms with Gasteiger partial charge in [-0.15, -0.1) is 0 Å². The number of fused-ring (bicyclic) bond motifs is 4. The maximum Gasteiger partial charge on any atom is 0.475 e. The minimum atomic E-state index is -4.41. The van der Waals surface area contributed by atoms with Crippen LogP contribution in [0.15, 0.2) is 77.9 Å². The molecule has 10 atom stereocenters. The van der Waals surface area contributed by atoms with E-state index < -0.39 is 88.4 Å². The third-order valence-corrected chi connectivity index (χ3v) is 18.8. The Morgan fingerprint density at radius 3 is 2.03 bits per heavy atom. The van der Waals surface area contributed by atoms with Crippen LogP contribution < -0.4 is 5.32 Å². The van der Waals surface area contributed by atoms with Gasteiger partial charge in [0, 0.05) is 24.0 Å². The Labute approximate surface area is 405 Å². The SMILES string of the molecule is CCCCOCC1O[C@@H](OCC2OC(CC(C)(C)[Si](C)(C)O)[C@@H](N=[N+]=[N-])C(O)[C@@H]2OCCCC)[C@@H](NC(=O)OCC2c3ccccc3-c3ccccc32)C(O)[C@@H]1OP1(=O)OCc2ccccc2CO1. The molecule has 69 heavy (non-hydrogen) atoms. The number of azide groups is 1. The molecule has 0 saturated carbocycles. The molecule has 0 spiro atoms. The van der Waals surface area contributed by atoms with Gasteiger partial charge in [-0.05, 0) is 76.3 Å². The zero-order chi connectivity index (χ0) is 49.3. The molecule has 3 heterocycles. The Hall–Kier alpha value is -3.75. The van der Waals surface area contributed by atoms with Crippen molar-refractivity contribution in [2.45, 2.75) is 158 Å². The van der Waals surface area contributed by atoms with E-state index in [4.69, 9.17) is 42.0 Å². The lowest BCUT2D eigenvalue weighted by atomic mass is 9.88. The van der Waals surface area contributed by atoms with E-state index in [0.717, 1.165) is 52.6 Å². The van der Waals surface area contributed by atoms with Gasteiger partial charge in [-0.2, -0.15) is 0 Å². The van der Waals surface area contributed by atoms with Crippen molar-refractivity contribution < 1.29 is 66.4 Å². The number of carbonyl (C=O) groups excluding carboxylic acids is 1. The summed E-state index contributed by atoms with van der Waals surface area (Å²) in [4.78, 5) is 28.4. The Kier molecular flexibility index (Phi) is 18.2. The van der Waals surface area contributed by atoms with Crippen LogP contribution >= 0.6 is 7.82 Å². The first-order valence-electron chi connectivity index (χ1n) is 24.1. The number of nitrogens with one attached hydrogen (secondary N) is 1. The lowest BCUT2D eigenvalue weighted by Gasteiger charge is -2.48. The van der Waals surface area contributed by atoms with Crippen molar-refractivity contribution >= 4 is 22.2 Å². The number of alkyl carbamates (subject to hydrolysis) is 1. The summed E-state index contributed by atoms with van der Waals surface area (Å²) in [5.74, 6) is -0.270. The average Bonchev–Trinajstić information content (AvgIpc) is 3.54. The van der Waals surface area contributed by atoms with Crippen molar-refractivity contribution in [1.82, 2.24) is 5.32 Å². The maximum atomic E-state index is 14.4. The first kappa shape index (κ1) is 53.1. The fraction of sp³-hybridized carbons (Fsp3) is 0.612. The molecule has 4 aliphatic rings. The highest BCUT2D eigenvalue weighted by Gasteiger charge is 2.53. The van der Waals surface area contributed by atoms with Gasteiger partial charge in [0.15, 0.2) is 14.6 Å². The molecule has 7 rings (SSSR count). The Balaban J connectivity index is 1.17. The van der Waals surface area contributed by atoms with Crippen molar-refractivity contribution in [3.8, 4) is 11.1 Å². The van der Waals surface area contributed by atoms with Gasteiger partial charge in [0.25, 0.3) is 0 Å². The molecule has 3 aromatic rings. The van der Waals surface area contributed by atoms with Crippen molar-refractivity contribution in [3.05, 3.63) is 105 Å². The number of aliphatic hydroxyl groups excluding tert-OH is 2. The van der Waals surface area contributed by atoms with E-state index in [1.807, 2.05) is 114 Å². The van der Waals surface area contributed by atoms with E-state index >= 15 is 0 Å². The molecule has 18 nitrogen and oxygen atoms in total. The fourth-order valence-electron chi connectivity index (χ4n) is 9.12. The van der Waals surface area contributed by atoms with Crippen molar-refractivity contribution in [2.75, 3.05) is 33.0 Å². The highest BCUT2D eigenvalue weighted by atomic mass is 31.2. The standard InChI is InChI=1S/C49H69N4O14PSi/c1-7-9-23-59-29-39-46(67-68(57)63-26-31-17-11-12-18-32(31)27-64-68)44(55)42(51-48(56)62-28-37-35-21-15-13-19-33(35)34-20-14-16-22-36(34)37)47(66-39)61-30-40-45(60-24-10-8-2)43(54)41(52-53-50)38(65-40)25-49(3,4)69(5,6)58/h11-22,37-47,54-55,58H,7-10,23-30H2,1-6H3,(H,51,56)/t38?,39?,40?,41-,42+,43?,44?,45-,46-,47-/m1/s1. The van der Waals surface area contributed by atoms with Crippen LogP contribution in [0, 0.1) is 0 Å². The first-order chi connectivity index (χ1) is 33.1. The Bertz CT molecular complexity index is 2200. The van der Waals surface area contributed by atoms with Gasteiger partial charge in [-0.25, -0.2) is 9.36 Å². The molecule has 0 bridgehead atoms. The summed E-state index contributed by atoms with van der Waals surface area (Å²) in [6, 6.07) is 20.7. The number of hydrogen-bond donors (Lipinski definition) is 4. The minimum absolute atomic E-state index is 0.0392. The molecule has 2 fully saturated rings. The molecule has 378 valence electrons. The number of nitrogens with zero attached hydrogens (tertiary/aromatic N) is 3. The van der Waals surface area contributed by atoms with E-state index in [1.165, 1.54) is 0 Å². The van der Waals surface area contributed by atoms with E-state index in [9.17, 15) is 29.9 Å². The van der Waals surface area contributed by atoms with Crippen LogP contribution in [0.2, 0.25) is 18.1 Å². The van der Waals surface area contributed by atoms with Gasteiger partial charge in [0.2, 0.25) is 0 Å². The molecule has 5 unspecified atom stereocenters. The Morgan fingerprint density at radius 1 is 0.826 bits per heavy atom. The molecule has 20 heteroatoms. The molecule has 1 aliphatic carbocycles. The van der Waals surface area contributed by atoms with Crippen LogP contribution in [0.25, 0.3) is 21.6 Å². The van der Waals surface area contributed by atoms with Crippen LogP contribution in [0.3, 0.4) is 0 Å². The van der Waals surface area contributed by atoms with Gasteiger partial charge < -0.3 is 48.7 Å². The molecule has 4 N–H and O–H groups in total. The molecule has 2 saturated heterocycles. The minimum Gasteiger partial charge on any atom is -0.449 e. The quantitative estimate of drug-likeness (QED) is 0.0196. The van der Waals surface area contributed by atoms with Gasteiger partial charge >= 0.3 is 13.9 Å². The normalized spacial score (nSPS) is 27.8. The van der Waals surface area contributed by atoms with E-state index in [2.05, 4.69) is 15.3 Å². The predicted molar refractivity (Wildman–Crippen MR) is 257 cm³/mol. The number of hydrogen-bond acceptors (Lipinski definition) is 15. The highest BCUT2D eigenvalue weighted by Crippen LogP contribution is 2.55. The maximum absolute atomic E-state index is 14.4. The van der Waals surface area contributed by atoms with Crippen molar-refractivity contribution in [3.63, 3.8) is 0 Å². The van der Waals surface area contributed by atoms with E-state index in [1.54, 1.807) is 0 Å². The van der Waals surface area contributed by atoms with Gasteiger partial charge in [0.05, 0.1) is 44.7 Å². The zero-order valence-corrected chi connectivity index (χ0v) is 42.3. The topological polar surface area (TPSA) is 239 Å². The number of aliphatic hydroxyl groups is 2. The molecule has 3 aliphatic heterocycles. The number of unbranched alkanes of at least 4 members (excludes halogenated alkanes) is 2. The third kappa shape index (κ3) is 12.7. The second-order valence-electron chi connectivity index (χ2n) is 19.4. The molecule has 1 amide bonds. The van der Waals surface area contributed by atoms with Crippen LogP contribution in [0.5, 0.6) is 0 Å². The summed E-state index contributed by atoms with van der Waals surface area (Å²) in [5, 5.41) is 30.4. The number of benzene rings is 3. The average molecular weight is 997 g/mol.